The van der Waals surface area contributed by atoms with Crippen LogP contribution in [-0.4, -0.2) is 26.3 Å². The van der Waals surface area contributed by atoms with Gasteiger partial charge in [-0.05, 0) is 0 Å². The third-order valence-corrected chi connectivity index (χ3v) is 1.70. The van der Waals surface area contributed by atoms with Crippen molar-refractivity contribution in [3.05, 3.63) is 0 Å². The van der Waals surface area contributed by atoms with Crippen LogP contribution in [0.4, 0.5) is 0 Å². The van der Waals surface area contributed by atoms with Crippen molar-refractivity contribution in [2.45, 2.75) is 13.4 Å². The summed E-state index contributed by atoms with van der Waals surface area (Å²) < 4.78 is 15.4. The Labute approximate surface area is 53.9 Å². The fourth-order valence-electron chi connectivity index (χ4n) is 1.08. The fourth-order valence-corrected chi connectivity index (χ4v) is 1.08. The summed E-state index contributed by atoms with van der Waals surface area (Å²) in [6, 6.07) is 0. The molecule has 2 bridgehead atoms. The standard InChI is InChI=1S/C6H10O3/c1-6-2-7-5(8-3-6)9-4-6/h5H,2-4H2,1H3. The van der Waals surface area contributed by atoms with E-state index in [4.69, 9.17) is 14.2 Å². The lowest BCUT2D eigenvalue weighted by Crippen LogP contribution is -2.50. The molecule has 0 aromatic rings. The second kappa shape index (κ2) is 1.68. The smallest absolute Gasteiger partial charge is 0.271 e. The van der Waals surface area contributed by atoms with Gasteiger partial charge in [0.05, 0.1) is 19.8 Å². The first-order chi connectivity index (χ1) is 4.29. The normalized spacial score (nSPS) is 49.7. The number of hydrogen-bond donors (Lipinski definition) is 0. The molecule has 3 nitrogen and oxygen atoms in total. The molecule has 0 saturated carbocycles. The third-order valence-electron chi connectivity index (χ3n) is 1.70. The van der Waals surface area contributed by atoms with E-state index in [1.807, 2.05) is 0 Å². The molecular formula is C6H10O3. The summed E-state index contributed by atoms with van der Waals surface area (Å²) in [5, 5.41) is 0. The van der Waals surface area contributed by atoms with Crippen LogP contribution in [-0.2, 0) is 14.2 Å². The van der Waals surface area contributed by atoms with Crippen LogP contribution in [0.3, 0.4) is 0 Å². The highest BCUT2D eigenvalue weighted by atomic mass is 16.9. The summed E-state index contributed by atoms with van der Waals surface area (Å²) >= 11 is 0. The van der Waals surface area contributed by atoms with E-state index in [9.17, 15) is 0 Å². The molecule has 3 heterocycles. The van der Waals surface area contributed by atoms with Crippen LogP contribution in [0.2, 0.25) is 0 Å². The van der Waals surface area contributed by atoms with Crippen molar-refractivity contribution in [3.8, 4) is 0 Å². The van der Waals surface area contributed by atoms with Crippen LogP contribution < -0.4 is 0 Å². The van der Waals surface area contributed by atoms with Gasteiger partial charge in [0.2, 0.25) is 0 Å². The maximum atomic E-state index is 5.14. The monoisotopic (exact) mass is 130 g/mol. The van der Waals surface area contributed by atoms with Crippen LogP contribution in [0.5, 0.6) is 0 Å². The minimum Gasteiger partial charge on any atom is -0.329 e. The van der Waals surface area contributed by atoms with Crippen molar-refractivity contribution < 1.29 is 14.2 Å². The lowest BCUT2D eigenvalue weighted by atomic mass is 9.93. The van der Waals surface area contributed by atoms with E-state index in [1.165, 1.54) is 0 Å². The van der Waals surface area contributed by atoms with Gasteiger partial charge in [-0.1, -0.05) is 6.92 Å². The number of fused-ring (bicyclic) bond motifs is 3. The van der Waals surface area contributed by atoms with Crippen molar-refractivity contribution in [3.63, 3.8) is 0 Å². The molecule has 0 aromatic heterocycles. The van der Waals surface area contributed by atoms with Crippen LogP contribution in [0.25, 0.3) is 0 Å². The van der Waals surface area contributed by atoms with Gasteiger partial charge in [0, 0.05) is 5.41 Å². The Hall–Kier alpha value is -0.120. The van der Waals surface area contributed by atoms with E-state index in [2.05, 4.69) is 6.92 Å². The minimum absolute atomic E-state index is 0.120. The number of rotatable bonds is 0. The summed E-state index contributed by atoms with van der Waals surface area (Å²) in [4.78, 5) is 0. The summed E-state index contributed by atoms with van der Waals surface area (Å²) in [5.41, 5.74) is 0.120. The van der Waals surface area contributed by atoms with Gasteiger partial charge in [-0.3, -0.25) is 0 Å². The highest BCUT2D eigenvalue weighted by molar-refractivity contribution is 4.78. The summed E-state index contributed by atoms with van der Waals surface area (Å²) in [6.45, 7) is 4.06. The Kier molecular flexibility index (Phi) is 1.06. The van der Waals surface area contributed by atoms with Gasteiger partial charge in [0.15, 0.2) is 0 Å². The number of hydrogen-bond acceptors (Lipinski definition) is 3. The SMILES string of the molecule is CC12COC(OC1)OC2. The topological polar surface area (TPSA) is 27.7 Å². The van der Waals surface area contributed by atoms with E-state index in [0.717, 1.165) is 19.8 Å². The van der Waals surface area contributed by atoms with Crippen LogP contribution in [0.15, 0.2) is 0 Å². The summed E-state index contributed by atoms with van der Waals surface area (Å²) in [6.07, 6.45) is 0. The Balaban J connectivity index is 2.11. The maximum Gasteiger partial charge on any atom is 0.271 e. The number of ether oxygens (including phenoxy) is 3. The second-order valence-electron chi connectivity index (χ2n) is 3.03. The zero-order valence-corrected chi connectivity index (χ0v) is 5.42. The lowest BCUT2D eigenvalue weighted by Gasteiger charge is -2.42. The molecule has 3 heteroatoms. The van der Waals surface area contributed by atoms with Crippen molar-refractivity contribution in [1.82, 2.24) is 0 Å². The van der Waals surface area contributed by atoms with E-state index >= 15 is 0 Å². The second-order valence-corrected chi connectivity index (χ2v) is 3.03. The zero-order chi connectivity index (χ0) is 6.32. The molecule has 3 saturated heterocycles. The van der Waals surface area contributed by atoms with Crippen molar-refractivity contribution in [2.24, 2.45) is 5.41 Å². The Morgan fingerprint density at radius 2 is 1.56 bits per heavy atom. The molecule has 3 aliphatic heterocycles. The predicted molar refractivity (Wildman–Crippen MR) is 29.8 cm³/mol. The van der Waals surface area contributed by atoms with Gasteiger partial charge in [0.1, 0.15) is 0 Å². The Morgan fingerprint density at radius 3 is 1.78 bits per heavy atom. The molecule has 52 valence electrons. The molecule has 0 N–H and O–H groups in total. The van der Waals surface area contributed by atoms with Gasteiger partial charge < -0.3 is 14.2 Å². The van der Waals surface area contributed by atoms with E-state index in [-0.39, 0.29) is 11.9 Å². The molecule has 0 aliphatic carbocycles. The Bertz CT molecular complexity index is 102. The highest BCUT2D eigenvalue weighted by Crippen LogP contribution is 2.30. The van der Waals surface area contributed by atoms with Gasteiger partial charge >= 0.3 is 0 Å². The van der Waals surface area contributed by atoms with Crippen molar-refractivity contribution in [1.29, 1.82) is 0 Å². The van der Waals surface area contributed by atoms with Crippen LogP contribution in [0.1, 0.15) is 6.92 Å². The fraction of sp³-hybridized carbons (Fsp3) is 1.00. The molecule has 9 heavy (non-hydrogen) atoms. The minimum atomic E-state index is -0.369. The first kappa shape index (κ1) is 5.65. The Morgan fingerprint density at radius 1 is 1.11 bits per heavy atom. The van der Waals surface area contributed by atoms with E-state index < -0.39 is 0 Å². The molecule has 3 fully saturated rings. The third kappa shape index (κ3) is 0.852. The van der Waals surface area contributed by atoms with Gasteiger partial charge in [-0.25, -0.2) is 0 Å². The first-order valence-electron chi connectivity index (χ1n) is 3.13. The van der Waals surface area contributed by atoms with Crippen molar-refractivity contribution in [2.75, 3.05) is 19.8 Å². The average Bonchev–Trinajstić information content (AvgIpc) is 1.90. The molecule has 0 atom stereocenters. The summed E-state index contributed by atoms with van der Waals surface area (Å²) in [7, 11) is 0. The first-order valence-corrected chi connectivity index (χ1v) is 3.13. The molecule has 0 radical (unpaired) electrons. The molecule has 0 aromatic carbocycles. The molecule has 3 aliphatic rings. The predicted octanol–water partition coefficient (Wildman–Crippen LogP) is 0.353. The van der Waals surface area contributed by atoms with E-state index in [1.54, 1.807) is 0 Å². The van der Waals surface area contributed by atoms with Gasteiger partial charge in [0.25, 0.3) is 6.48 Å². The van der Waals surface area contributed by atoms with Gasteiger partial charge in [-0.15, -0.1) is 0 Å². The highest BCUT2D eigenvalue weighted by Gasteiger charge is 2.39. The van der Waals surface area contributed by atoms with E-state index in [0.29, 0.717) is 0 Å². The molecular weight excluding hydrogens is 120 g/mol. The molecule has 0 spiro atoms. The lowest BCUT2D eigenvalue weighted by molar-refractivity contribution is -0.391. The zero-order valence-electron chi connectivity index (χ0n) is 5.42. The average molecular weight is 130 g/mol. The quantitative estimate of drug-likeness (QED) is 0.473. The van der Waals surface area contributed by atoms with Crippen LogP contribution in [0, 0.1) is 5.41 Å². The van der Waals surface area contributed by atoms with Crippen LogP contribution >= 0.6 is 0 Å². The largest absolute Gasteiger partial charge is 0.329 e. The molecule has 0 unspecified atom stereocenters. The van der Waals surface area contributed by atoms with Crippen molar-refractivity contribution >= 4 is 0 Å². The summed E-state index contributed by atoms with van der Waals surface area (Å²) in [5.74, 6) is 0. The van der Waals surface area contributed by atoms with Gasteiger partial charge in [-0.2, -0.15) is 0 Å². The molecule has 3 rings (SSSR count). The maximum absolute atomic E-state index is 5.14. The molecule has 0 amide bonds.